The summed E-state index contributed by atoms with van der Waals surface area (Å²) in [5, 5.41) is 6.21. The van der Waals surface area contributed by atoms with Crippen molar-refractivity contribution in [2.45, 2.75) is 13.3 Å². The zero-order valence-corrected chi connectivity index (χ0v) is 12.2. The molecule has 0 heterocycles. The van der Waals surface area contributed by atoms with Crippen LogP contribution in [0.5, 0.6) is 0 Å². The van der Waals surface area contributed by atoms with Gasteiger partial charge >= 0.3 is 0 Å². The summed E-state index contributed by atoms with van der Waals surface area (Å²) in [6, 6.07) is 0. The number of nitrogens with one attached hydrogen (secondary N) is 2. The number of carbonyl (C=O) groups is 1. The van der Waals surface area contributed by atoms with Gasteiger partial charge in [-0.15, -0.1) is 6.58 Å². The standard InChI is InChI=1S/C13H26N4O2/c1-5-8-14-13(15-9-7-10-19-6-2)16-11-12(18)17(3)4/h5H,1,6-11H2,2-4H3,(H2,14,15,16). The van der Waals surface area contributed by atoms with Crippen LogP contribution < -0.4 is 10.6 Å². The molecular formula is C13H26N4O2. The van der Waals surface area contributed by atoms with Crippen LogP contribution in [-0.4, -0.2) is 63.7 Å². The fraction of sp³-hybridized carbons (Fsp3) is 0.692. The highest BCUT2D eigenvalue weighted by Crippen LogP contribution is 1.84. The number of guanidine groups is 1. The van der Waals surface area contributed by atoms with Gasteiger partial charge in [0.05, 0.1) is 0 Å². The van der Waals surface area contributed by atoms with E-state index in [9.17, 15) is 4.79 Å². The van der Waals surface area contributed by atoms with Gasteiger partial charge in [-0.3, -0.25) is 4.79 Å². The van der Waals surface area contributed by atoms with Crippen molar-refractivity contribution in [3.63, 3.8) is 0 Å². The average molecular weight is 270 g/mol. The lowest BCUT2D eigenvalue weighted by atomic mass is 10.4. The summed E-state index contributed by atoms with van der Waals surface area (Å²) in [6.45, 7) is 8.54. The molecule has 0 aliphatic carbocycles. The first-order valence-electron chi connectivity index (χ1n) is 6.52. The Morgan fingerprint density at radius 2 is 2.16 bits per heavy atom. The van der Waals surface area contributed by atoms with E-state index in [4.69, 9.17) is 4.74 Å². The normalized spacial score (nSPS) is 11.0. The van der Waals surface area contributed by atoms with Crippen LogP contribution >= 0.6 is 0 Å². The summed E-state index contributed by atoms with van der Waals surface area (Å²) >= 11 is 0. The lowest BCUT2D eigenvalue weighted by Crippen LogP contribution is -2.39. The smallest absolute Gasteiger partial charge is 0.243 e. The number of aliphatic imine (C=N–C) groups is 1. The second kappa shape index (κ2) is 11.5. The number of likely N-dealkylation sites (N-methyl/N-ethyl adjacent to an activating group) is 1. The van der Waals surface area contributed by atoms with Gasteiger partial charge in [0.2, 0.25) is 5.91 Å². The lowest BCUT2D eigenvalue weighted by molar-refractivity contribution is -0.127. The Hall–Kier alpha value is -1.56. The molecule has 0 rings (SSSR count). The maximum absolute atomic E-state index is 11.5. The molecule has 0 aliphatic heterocycles. The third-order valence-corrected chi connectivity index (χ3v) is 2.25. The predicted molar refractivity (Wildman–Crippen MR) is 78.3 cm³/mol. The van der Waals surface area contributed by atoms with E-state index >= 15 is 0 Å². The van der Waals surface area contributed by atoms with Crippen molar-refractivity contribution < 1.29 is 9.53 Å². The Morgan fingerprint density at radius 1 is 1.42 bits per heavy atom. The van der Waals surface area contributed by atoms with Gasteiger partial charge in [-0.2, -0.15) is 0 Å². The molecule has 19 heavy (non-hydrogen) atoms. The van der Waals surface area contributed by atoms with Gasteiger partial charge < -0.3 is 20.3 Å². The van der Waals surface area contributed by atoms with E-state index in [1.54, 1.807) is 20.2 Å². The zero-order chi connectivity index (χ0) is 14.5. The van der Waals surface area contributed by atoms with Gasteiger partial charge in [-0.05, 0) is 13.3 Å². The molecule has 0 radical (unpaired) electrons. The first-order valence-corrected chi connectivity index (χ1v) is 6.52. The van der Waals surface area contributed by atoms with E-state index in [1.165, 1.54) is 4.90 Å². The molecule has 0 spiro atoms. The number of rotatable bonds is 9. The quantitative estimate of drug-likeness (QED) is 0.272. The van der Waals surface area contributed by atoms with Crippen LogP contribution in [0.1, 0.15) is 13.3 Å². The van der Waals surface area contributed by atoms with Crippen LogP contribution in [0.3, 0.4) is 0 Å². The molecule has 6 heteroatoms. The van der Waals surface area contributed by atoms with E-state index in [-0.39, 0.29) is 12.5 Å². The molecular weight excluding hydrogens is 244 g/mol. The SMILES string of the molecule is C=CCNC(=NCC(=O)N(C)C)NCCCOCC. The molecule has 0 unspecified atom stereocenters. The Bertz CT molecular complexity index is 290. The molecule has 0 aromatic rings. The van der Waals surface area contributed by atoms with Gasteiger partial charge in [-0.25, -0.2) is 4.99 Å². The monoisotopic (exact) mass is 270 g/mol. The van der Waals surface area contributed by atoms with Crippen LogP contribution in [0.2, 0.25) is 0 Å². The molecule has 0 aliphatic rings. The molecule has 6 nitrogen and oxygen atoms in total. The fourth-order valence-corrected chi connectivity index (χ4v) is 1.16. The number of hydrogen-bond acceptors (Lipinski definition) is 3. The molecule has 0 saturated carbocycles. The summed E-state index contributed by atoms with van der Waals surface area (Å²) in [5.41, 5.74) is 0. The van der Waals surface area contributed by atoms with Crippen LogP contribution in [-0.2, 0) is 9.53 Å². The highest BCUT2D eigenvalue weighted by molar-refractivity contribution is 5.84. The van der Waals surface area contributed by atoms with Crippen molar-refractivity contribution in [3.05, 3.63) is 12.7 Å². The summed E-state index contributed by atoms with van der Waals surface area (Å²) in [5.74, 6) is 0.584. The van der Waals surface area contributed by atoms with E-state index in [2.05, 4.69) is 22.2 Å². The van der Waals surface area contributed by atoms with Crippen LogP contribution in [0.4, 0.5) is 0 Å². The minimum absolute atomic E-state index is 0.0333. The highest BCUT2D eigenvalue weighted by Gasteiger charge is 2.03. The number of ether oxygens (including phenoxy) is 1. The van der Waals surface area contributed by atoms with Gasteiger partial charge in [0.1, 0.15) is 6.54 Å². The third-order valence-electron chi connectivity index (χ3n) is 2.25. The van der Waals surface area contributed by atoms with Crippen molar-refractivity contribution in [1.82, 2.24) is 15.5 Å². The van der Waals surface area contributed by atoms with Gasteiger partial charge in [0, 0.05) is 40.4 Å². The molecule has 0 saturated heterocycles. The van der Waals surface area contributed by atoms with Crippen LogP contribution in [0.25, 0.3) is 0 Å². The largest absolute Gasteiger partial charge is 0.382 e. The number of nitrogens with zero attached hydrogens (tertiary/aromatic N) is 2. The number of carbonyl (C=O) groups excluding carboxylic acids is 1. The first-order chi connectivity index (χ1) is 9.11. The zero-order valence-electron chi connectivity index (χ0n) is 12.2. The average Bonchev–Trinajstić information content (AvgIpc) is 2.40. The maximum Gasteiger partial charge on any atom is 0.243 e. The first kappa shape index (κ1) is 17.4. The Balaban J connectivity index is 4.09. The fourth-order valence-electron chi connectivity index (χ4n) is 1.16. The Morgan fingerprint density at radius 3 is 2.74 bits per heavy atom. The van der Waals surface area contributed by atoms with E-state index in [1.807, 2.05) is 6.92 Å². The van der Waals surface area contributed by atoms with Crippen molar-refractivity contribution in [3.8, 4) is 0 Å². The van der Waals surface area contributed by atoms with E-state index in [0.717, 1.165) is 26.2 Å². The summed E-state index contributed by atoms with van der Waals surface area (Å²) in [6.07, 6.45) is 2.63. The Labute approximate surface area is 115 Å². The molecule has 0 atom stereocenters. The molecule has 0 aromatic heterocycles. The minimum Gasteiger partial charge on any atom is -0.382 e. The topological polar surface area (TPSA) is 66.0 Å². The maximum atomic E-state index is 11.5. The minimum atomic E-state index is -0.0333. The van der Waals surface area contributed by atoms with Crippen molar-refractivity contribution >= 4 is 11.9 Å². The number of amides is 1. The van der Waals surface area contributed by atoms with Crippen LogP contribution in [0, 0.1) is 0 Å². The molecule has 0 fully saturated rings. The summed E-state index contributed by atoms with van der Waals surface area (Å²) in [4.78, 5) is 17.2. The predicted octanol–water partition coefficient (Wildman–Crippen LogP) is 0.222. The Kier molecular flexibility index (Phi) is 10.6. The molecule has 2 N–H and O–H groups in total. The molecule has 110 valence electrons. The number of hydrogen-bond donors (Lipinski definition) is 2. The second-order valence-corrected chi connectivity index (χ2v) is 4.10. The molecule has 0 aromatic carbocycles. The highest BCUT2D eigenvalue weighted by atomic mass is 16.5. The van der Waals surface area contributed by atoms with Gasteiger partial charge in [0.15, 0.2) is 5.96 Å². The van der Waals surface area contributed by atoms with E-state index < -0.39 is 0 Å². The van der Waals surface area contributed by atoms with Crippen LogP contribution in [0.15, 0.2) is 17.6 Å². The third kappa shape index (κ3) is 10.1. The van der Waals surface area contributed by atoms with Crippen molar-refractivity contribution in [2.24, 2.45) is 4.99 Å². The summed E-state index contributed by atoms with van der Waals surface area (Å²) in [7, 11) is 3.43. The van der Waals surface area contributed by atoms with Gasteiger partial charge in [0.25, 0.3) is 0 Å². The molecule has 1 amide bonds. The second-order valence-electron chi connectivity index (χ2n) is 4.10. The summed E-state index contributed by atoms with van der Waals surface area (Å²) < 4.78 is 5.25. The molecule has 0 bridgehead atoms. The van der Waals surface area contributed by atoms with Gasteiger partial charge in [-0.1, -0.05) is 6.08 Å². The van der Waals surface area contributed by atoms with Crippen molar-refractivity contribution in [1.29, 1.82) is 0 Å². The van der Waals surface area contributed by atoms with Crippen molar-refractivity contribution in [2.75, 3.05) is 46.9 Å². The van der Waals surface area contributed by atoms with E-state index in [0.29, 0.717) is 12.5 Å². The lowest BCUT2D eigenvalue weighted by Gasteiger charge is -2.12.